The molecule has 56 heavy (non-hydrogen) atoms. The summed E-state index contributed by atoms with van der Waals surface area (Å²) < 4.78 is 25.3. The molecule has 4 nitrogen and oxygen atoms in total. The minimum Gasteiger partial charge on any atom is -0.493 e. The van der Waals surface area contributed by atoms with Crippen molar-refractivity contribution in [2.75, 3.05) is 13.2 Å². The summed E-state index contributed by atoms with van der Waals surface area (Å²) in [7, 11) is -0.999. The molecule has 0 N–H and O–H groups in total. The van der Waals surface area contributed by atoms with E-state index in [9.17, 15) is 9.00 Å². The fourth-order valence-corrected chi connectivity index (χ4v) is 10.6. The molecule has 1 heterocycles. The molecule has 4 aromatic rings. The molecule has 0 saturated carbocycles. The first-order valence-electron chi connectivity index (χ1n) is 21.4. The van der Waals surface area contributed by atoms with Gasteiger partial charge in [0.15, 0.2) is 0 Å². The smallest absolute Gasteiger partial charge is 0.123 e. The SMILES string of the molecule is CCCCCCCCOc1cc(C)c(Sc2cc(C)c(OCCCCCCCC)cc2C)cc1C.O=CC1CC(c2ccccc2)S(=O)C(c2ccccc2)C1. The second kappa shape index (κ2) is 25.1. The minimum absolute atomic E-state index is 0.0156. The Kier molecular flexibility index (Phi) is 20.3. The maximum Gasteiger partial charge on any atom is 0.123 e. The van der Waals surface area contributed by atoms with Crippen molar-refractivity contribution in [3.05, 3.63) is 118 Å². The zero-order chi connectivity index (χ0) is 40.1. The van der Waals surface area contributed by atoms with Crippen LogP contribution in [-0.2, 0) is 15.6 Å². The van der Waals surface area contributed by atoms with Gasteiger partial charge in [-0.05, 0) is 111 Å². The van der Waals surface area contributed by atoms with Gasteiger partial charge in [-0.3, -0.25) is 4.21 Å². The first-order chi connectivity index (χ1) is 27.2. The number of carbonyl (C=O) groups excluding carboxylic acids is 1. The Bertz CT molecular complexity index is 1630. The van der Waals surface area contributed by atoms with Crippen molar-refractivity contribution in [1.82, 2.24) is 0 Å². The molecule has 0 amide bonds. The number of unbranched alkanes of at least 4 members (excludes halogenated alkanes) is 10. The van der Waals surface area contributed by atoms with Crippen molar-refractivity contribution >= 4 is 28.8 Å². The number of ether oxygens (including phenoxy) is 2. The number of rotatable bonds is 21. The molecule has 0 spiro atoms. The summed E-state index contributed by atoms with van der Waals surface area (Å²) in [6, 6.07) is 28.8. The van der Waals surface area contributed by atoms with Crippen LogP contribution in [0, 0.1) is 33.6 Å². The van der Waals surface area contributed by atoms with Gasteiger partial charge in [0.25, 0.3) is 0 Å². The molecule has 1 aliphatic rings. The number of hydrogen-bond donors (Lipinski definition) is 0. The van der Waals surface area contributed by atoms with Crippen molar-refractivity contribution in [1.29, 1.82) is 0 Å². The fourth-order valence-electron chi connectivity index (χ4n) is 7.33. The monoisotopic (exact) mass is 796 g/mol. The zero-order valence-corrected chi connectivity index (χ0v) is 36.8. The molecule has 0 aromatic heterocycles. The van der Waals surface area contributed by atoms with Gasteiger partial charge < -0.3 is 14.3 Å². The van der Waals surface area contributed by atoms with Crippen molar-refractivity contribution in [2.24, 2.45) is 5.92 Å². The topological polar surface area (TPSA) is 52.6 Å². The Morgan fingerprint density at radius 3 is 1.36 bits per heavy atom. The standard InChI is InChI=1S/C32H50O2S.C18H18O2S/c1-7-9-11-13-15-17-19-33-29-21-27(5)31(23-25(29)3)35-32-24-26(4)30(22-28(32)6)34-20-18-16-14-12-10-8-2;19-13-14-11-17(15-7-3-1-4-8-15)21(20)18(12-14)16-9-5-2-6-10-16/h21-24H,7-20H2,1-6H3;1-10,13-14,17-18H,11-12H2. The van der Waals surface area contributed by atoms with Gasteiger partial charge in [-0.15, -0.1) is 0 Å². The Morgan fingerprint density at radius 2 is 0.964 bits per heavy atom. The lowest BCUT2D eigenvalue weighted by Crippen LogP contribution is -2.26. The first-order valence-corrected chi connectivity index (χ1v) is 23.4. The highest BCUT2D eigenvalue weighted by atomic mass is 32.2. The van der Waals surface area contributed by atoms with Gasteiger partial charge in [-0.25, -0.2) is 0 Å². The number of benzene rings is 4. The normalized spacial score (nSPS) is 17.8. The molecular formula is C50H68O4S2. The Labute approximate surface area is 346 Å². The number of carbonyl (C=O) groups is 1. The molecule has 0 radical (unpaired) electrons. The van der Waals surface area contributed by atoms with Gasteiger partial charge in [0.1, 0.15) is 17.8 Å². The van der Waals surface area contributed by atoms with Crippen LogP contribution in [0.5, 0.6) is 11.5 Å². The van der Waals surface area contributed by atoms with Crippen LogP contribution in [0.4, 0.5) is 0 Å². The predicted molar refractivity (Wildman–Crippen MR) is 239 cm³/mol. The molecule has 1 saturated heterocycles. The summed E-state index contributed by atoms with van der Waals surface area (Å²) in [6.45, 7) is 14.9. The molecule has 2 unspecified atom stereocenters. The van der Waals surface area contributed by atoms with E-state index in [1.807, 2.05) is 72.4 Å². The molecule has 0 aliphatic carbocycles. The summed E-state index contributed by atoms with van der Waals surface area (Å²) in [5.41, 5.74) is 7.14. The lowest BCUT2D eigenvalue weighted by atomic mass is 9.92. The largest absolute Gasteiger partial charge is 0.493 e. The predicted octanol–water partition coefficient (Wildman–Crippen LogP) is 14.4. The van der Waals surface area contributed by atoms with E-state index in [-0.39, 0.29) is 16.4 Å². The highest BCUT2D eigenvalue weighted by molar-refractivity contribution is 7.99. The molecule has 0 bridgehead atoms. The van der Waals surface area contributed by atoms with Crippen molar-refractivity contribution in [3.8, 4) is 11.5 Å². The van der Waals surface area contributed by atoms with E-state index in [2.05, 4.69) is 65.8 Å². The third-order valence-corrected chi connectivity index (χ3v) is 14.2. The fraction of sp³-hybridized carbons (Fsp3) is 0.500. The molecule has 304 valence electrons. The Balaban J connectivity index is 0.000000280. The van der Waals surface area contributed by atoms with Crippen LogP contribution in [0.25, 0.3) is 0 Å². The summed E-state index contributed by atoms with van der Waals surface area (Å²) in [5, 5.41) is -0.110. The number of aldehydes is 1. The van der Waals surface area contributed by atoms with E-state index in [1.54, 1.807) is 0 Å². The van der Waals surface area contributed by atoms with E-state index >= 15 is 0 Å². The minimum atomic E-state index is -0.999. The maximum atomic E-state index is 13.0. The average molecular weight is 797 g/mol. The van der Waals surface area contributed by atoms with E-state index in [0.717, 1.165) is 55.0 Å². The van der Waals surface area contributed by atoms with Crippen LogP contribution < -0.4 is 9.47 Å². The highest BCUT2D eigenvalue weighted by Crippen LogP contribution is 2.44. The zero-order valence-electron chi connectivity index (χ0n) is 35.2. The summed E-state index contributed by atoms with van der Waals surface area (Å²) in [5.74, 6) is 2.05. The third kappa shape index (κ3) is 14.5. The van der Waals surface area contributed by atoms with Gasteiger partial charge in [-0.2, -0.15) is 0 Å². The lowest BCUT2D eigenvalue weighted by Gasteiger charge is -2.32. The van der Waals surface area contributed by atoms with Crippen molar-refractivity contribution in [2.45, 2.75) is 152 Å². The van der Waals surface area contributed by atoms with Crippen LogP contribution in [0.2, 0.25) is 0 Å². The summed E-state index contributed by atoms with van der Waals surface area (Å²) >= 11 is 1.85. The van der Waals surface area contributed by atoms with Crippen LogP contribution in [-0.4, -0.2) is 23.7 Å². The van der Waals surface area contributed by atoms with Crippen molar-refractivity contribution < 1.29 is 18.5 Å². The van der Waals surface area contributed by atoms with Gasteiger partial charge in [0, 0.05) is 26.5 Å². The van der Waals surface area contributed by atoms with Gasteiger partial charge in [0.05, 0.1) is 23.7 Å². The third-order valence-electron chi connectivity index (χ3n) is 10.8. The Hall–Kier alpha value is -3.35. The number of hydrogen-bond acceptors (Lipinski definition) is 5. The average Bonchev–Trinajstić information content (AvgIpc) is 3.21. The second-order valence-corrected chi connectivity index (χ2v) is 18.5. The van der Waals surface area contributed by atoms with Crippen LogP contribution in [0.15, 0.2) is 94.7 Å². The molecular weight excluding hydrogens is 729 g/mol. The summed E-state index contributed by atoms with van der Waals surface area (Å²) in [4.78, 5) is 13.9. The van der Waals surface area contributed by atoms with Crippen LogP contribution in [0.1, 0.15) is 148 Å². The van der Waals surface area contributed by atoms with E-state index in [1.165, 1.54) is 96.3 Å². The number of aryl methyl sites for hydroxylation is 4. The summed E-state index contributed by atoms with van der Waals surface area (Å²) in [6.07, 6.45) is 17.9. The quantitative estimate of drug-likeness (QED) is 0.0621. The maximum absolute atomic E-state index is 13.0. The van der Waals surface area contributed by atoms with E-state index < -0.39 is 10.8 Å². The molecule has 6 heteroatoms. The first kappa shape index (κ1) is 45.4. The molecule has 4 aromatic carbocycles. The van der Waals surface area contributed by atoms with E-state index in [4.69, 9.17) is 9.47 Å². The molecule has 1 aliphatic heterocycles. The Morgan fingerprint density at radius 1 is 0.571 bits per heavy atom. The highest BCUT2D eigenvalue weighted by Gasteiger charge is 2.36. The van der Waals surface area contributed by atoms with Gasteiger partial charge in [-0.1, -0.05) is 150 Å². The lowest BCUT2D eigenvalue weighted by molar-refractivity contribution is -0.111. The molecule has 1 fully saturated rings. The molecule has 5 rings (SSSR count). The van der Waals surface area contributed by atoms with Crippen LogP contribution in [0.3, 0.4) is 0 Å². The van der Waals surface area contributed by atoms with Crippen LogP contribution >= 0.6 is 11.8 Å². The van der Waals surface area contributed by atoms with E-state index in [0.29, 0.717) is 12.8 Å². The molecule has 2 atom stereocenters. The van der Waals surface area contributed by atoms with Gasteiger partial charge in [0.2, 0.25) is 0 Å². The van der Waals surface area contributed by atoms with Gasteiger partial charge >= 0.3 is 0 Å². The van der Waals surface area contributed by atoms with Crippen molar-refractivity contribution in [3.63, 3.8) is 0 Å². The second-order valence-electron chi connectivity index (χ2n) is 15.6.